The van der Waals surface area contributed by atoms with Crippen LogP contribution >= 0.6 is 0 Å². The summed E-state index contributed by atoms with van der Waals surface area (Å²) in [6.07, 6.45) is 0.195. The van der Waals surface area contributed by atoms with Crippen molar-refractivity contribution in [3.05, 3.63) is 28.3 Å². The van der Waals surface area contributed by atoms with Crippen LogP contribution in [0.1, 0.15) is 20.3 Å². The number of esters is 1. The Balaban J connectivity index is 2.68. The molecular formula is C13H18N2O5. The maximum atomic E-state index is 11.2. The van der Waals surface area contributed by atoms with Gasteiger partial charge < -0.3 is 14.8 Å². The first-order chi connectivity index (χ1) is 9.56. The maximum absolute atomic E-state index is 11.2. The van der Waals surface area contributed by atoms with Crippen LogP contribution in [-0.2, 0) is 9.53 Å². The molecule has 0 bridgehead atoms. The number of nitro groups is 1. The molecule has 7 heteroatoms. The molecule has 7 nitrogen and oxygen atoms in total. The second-order valence-corrected chi connectivity index (χ2v) is 3.89. The van der Waals surface area contributed by atoms with Gasteiger partial charge in [0, 0.05) is 24.4 Å². The van der Waals surface area contributed by atoms with Crippen molar-refractivity contribution in [3.8, 4) is 5.75 Å². The molecule has 0 unspecified atom stereocenters. The van der Waals surface area contributed by atoms with Gasteiger partial charge >= 0.3 is 5.97 Å². The molecule has 1 aromatic rings. The number of anilines is 1. The van der Waals surface area contributed by atoms with Crippen molar-refractivity contribution in [1.29, 1.82) is 0 Å². The van der Waals surface area contributed by atoms with E-state index in [1.54, 1.807) is 19.9 Å². The second kappa shape index (κ2) is 7.98. The second-order valence-electron chi connectivity index (χ2n) is 3.89. The van der Waals surface area contributed by atoms with Crippen LogP contribution < -0.4 is 10.1 Å². The third-order valence-corrected chi connectivity index (χ3v) is 2.38. The first kappa shape index (κ1) is 15.7. The van der Waals surface area contributed by atoms with Crippen molar-refractivity contribution < 1.29 is 19.2 Å². The zero-order chi connectivity index (χ0) is 15.0. The van der Waals surface area contributed by atoms with E-state index in [4.69, 9.17) is 9.47 Å². The number of hydrogen-bond donors (Lipinski definition) is 1. The number of nitrogens with zero attached hydrogens (tertiary/aromatic N) is 1. The molecule has 0 atom stereocenters. The van der Waals surface area contributed by atoms with Crippen molar-refractivity contribution in [2.75, 3.05) is 25.1 Å². The Morgan fingerprint density at radius 1 is 1.30 bits per heavy atom. The van der Waals surface area contributed by atoms with E-state index in [1.165, 1.54) is 12.1 Å². The number of carbonyl (C=O) groups excluding carboxylic acids is 1. The molecule has 20 heavy (non-hydrogen) atoms. The van der Waals surface area contributed by atoms with Gasteiger partial charge in [-0.3, -0.25) is 14.9 Å². The highest BCUT2D eigenvalue weighted by atomic mass is 16.6. The number of nitrogens with one attached hydrogen (secondary N) is 1. The van der Waals surface area contributed by atoms with Gasteiger partial charge in [-0.15, -0.1) is 0 Å². The zero-order valence-electron chi connectivity index (χ0n) is 11.5. The Hall–Kier alpha value is -2.31. The lowest BCUT2D eigenvalue weighted by atomic mass is 10.2. The maximum Gasteiger partial charge on any atom is 0.307 e. The molecule has 0 fully saturated rings. The Kier molecular flexibility index (Phi) is 6.28. The molecule has 1 aromatic carbocycles. The summed E-state index contributed by atoms with van der Waals surface area (Å²) >= 11 is 0. The zero-order valence-corrected chi connectivity index (χ0v) is 11.5. The minimum absolute atomic E-state index is 0.0606. The minimum Gasteiger partial charge on any atom is -0.494 e. The van der Waals surface area contributed by atoms with Gasteiger partial charge in [-0.2, -0.15) is 0 Å². The summed E-state index contributed by atoms with van der Waals surface area (Å²) in [6, 6.07) is 4.41. The van der Waals surface area contributed by atoms with Gasteiger partial charge in [0.2, 0.25) is 0 Å². The van der Waals surface area contributed by atoms with E-state index in [0.29, 0.717) is 31.2 Å². The minimum atomic E-state index is -0.487. The van der Waals surface area contributed by atoms with Crippen LogP contribution in [-0.4, -0.2) is 30.7 Å². The number of rotatable bonds is 8. The van der Waals surface area contributed by atoms with Crippen LogP contribution in [0.25, 0.3) is 0 Å². The van der Waals surface area contributed by atoms with Crippen LogP contribution in [0.5, 0.6) is 5.75 Å². The van der Waals surface area contributed by atoms with Gasteiger partial charge in [0.1, 0.15) is 5.75 Å². The summed E-state index contributed by atoms with van der Waals surface area (Å²) in [4.78, 5) is 21.5. The number of carbonyl (C=O) groups is 1. The standard InChI is InChI=1S/C13H18N2O5/c1-3-19-12-8-10(7-11(9-12)15(17)18)14-6-5-13(16)20-4-2/h7-9,14H,3-6H2,1-2H3. The summed E-state index contributed by atoms with van der Waals surface area (Å²) in [5, 5.41) is 13.8. The number of nitro benzene ring substituents is 1. The van der Waals surface area contributed by atoms with E-state index in [0.717, 1.165) is 0 Å². The normalized spacial score (nSPS) is 9.90. The Labute approximate surface area is 117 Å². The predicted octanol–water partition coefficient (Wildman–Crippen LogP) is 2.36. The molecule has 0 radical (unpaired) electrons. The molecular weight excluding hydrogens is 264 g/mol. The van der Waals surface area contributed by atoms with E-state index in [9.17, 15) is 14.9 Å². The Morgan fingerprint density at radius 3 is 2.65 bits per heavy atom. The lowest BCUT2D eigenvalue weighted by molar-refractivity contribution is -0.384. The van der Waals surface area contributed by atoms with Crippen LogP contribution in [0.3, 0.4) is 0 Å². The van der Waals surface area contributed by atoms with Gasteiger partial charge in [-0.1, -0.05) is 0 Å². The molecule has 1 rings (SSSR count). The van der Waals surface area contributed by atoms with Crippen molar-refractivity contribution in [1.82, 2.24) is 0 Å². The van der Waals surface area contributed by atoms with E-state index >= 15 is 0 Å². The highest BCUT2D eigenvalue weighted by Crippen LogP contribution is 2.26. The average Bonchev–Trinajstić information content (AvgIpc) is 2.39. The number of ether oxygens (including phenoxy) is 2. The Morgan fingerprint density at radius 2 is 2.05 bits per heavy atom. The summed E-state index contributed by atoms with van der Waals surface area (Å²) < 4.78 is 10.1. The van der Waals surface area contributed by atoms with Crippen molar-refractivity contribution in [2.45, 2.75) is 20.3 Å². The molecule has 110 valence electrons. The fourth-order valence-electron chi connectivity index (χ4n) is 1.58. The lowest BCUT2D eigenvalue weighted by Gasteiger charge is -2.09. The summed E-state index contributed by atoms with van der Waals surface area (Å²) in [5.41, 5.74) is 0.474. The third kappa shape index (κ3) is 5.13. The smallest absolute Gasteiger partial charge is 0.307 e. The van der Waals surface area contributed by atoms with Gasteiger partial charge in [-0.25, -0.2) is 0 Å². The number of non-ortho nitro benzene ring substituents is 1. The molecule has 0 aliphatic heterocycles. The van der Waals surface area contributed by atoms with Crippen LogP contribution in [0.4, 0.5) is 11.4 Å². The molecule has 1 N–H and O–H groups in total. The van der Waals surface area contributed by atoms with Crippen molar-refractivity contribution in [2.24, 2.45) is 0 Å². The lowest BCUT2D eigenvalue weighted by Crippen LogP contribution is -2.11. The fraction of sp³-hybridized carbons (Fsp3) is 0.462. The molecule has 0 saturated carbocycles. The van der Waals surface area contributed by atoms with E-state index < -0.39 is 4.92 Å². The predicted molar refractivity (Wildman–Crippen MR) is 74.0 cm³/mol. The average molecular weight is 282 g/mol. The molecule has 0 amide bonds. The largest absolute Gasteiger partial charge is 0.494 e. The topological polar surface area (TPSA) is 90.7 Å². The highest BCUT2D eigenvalue weighted by Gasteiger charge is 2.10. The molecule has 0 spiro atoms. The number of hydrogen-bond acceptors (Lipinski definition) is 6. The Bertz CT molecular complexity index is 476. The first-order valence-electron chi connectivity index (χ1n) is 6.38. The molecule has 0 aromatic heterocycles. The molecule has 0 aliphatic rings. The van der Waals surface area contributed by atoms with Gasteiger partial charge in [0.05, 0.1) is 30.6 Å². The number of benzene rings is 1. The van der Waals surface area contributed by atoms with Gasteiger partial charge in [0.25, 0.3) is 5.69 Å². The van der Waals surface area contributed by atoms with Gasteiger partial charge in [-0.05, 0) is 13.8 Å². The van der Waals surface area contributed by atoms with E-state index in [-0.39, 0.29) is 18.1 Å². The van der Waals surface area contributed by atoms with E-state index in [1.807, 2.05) is 0 Å². The highest BCUT2D eigenvalue weighted by molar-refractivity contribution is 5.70. The van der Waals surface area contributed by atoms with Crippen molar-refractivity contribution >= 4 is 17.3 Å². The fourth-order valence-corrected chi connectivity index (χ4v) is 1.58. The summed E-state index contributed by atoms with van der Waals surface area (Å²) in [5.74, 6) is 0.107. The molecule has 0 heterocycles. The molecule has 0 saturated heterocycles. The van der Waals surface area contributed by atoms with Crippen LogP contribution in [0, 0.1) is 10.1 Å². The van der Waals surface area contributed by atoms with Crippen LogP contribution in [0.15, 0.2) is 18.2 Å². The molecule has 0 aliphatic carbocycles. The first-order valence-corrected chi connectivity index (χ1v) is 6.38. The van der Waals surface area contributed by atoms with Gasteiger partial charge in [0.15, 0.2) is 0 Å². The monoisotopic (exact) mass is 282 g/mol. The summed E-state index contributed by atoms with van der Waals surface area (Å²) in [6.45, 7) is 4.63. The summed E-state index contributed by atoms with van der Waals surface area (Å²) in [7, 11) is 0. The van der Waals surface area contributed by atoms with Crippen molar-refractivity contribution in [3.63, 3.8) is 0 Å². The quantitative estimate of drug-likeness (QED) is 0.447. The SMILES string of the molecule is CCOC(=O)CCNc1cc(OCC)cc([N+](=O)[O-])c1. The van der Waals surface area contributed by atoms with Crippen LogP contribution in [0.2, 0.25) is 0 Å². The van der Waals surface area contributed by atoms with E-state index in [2.05, 4.69) is 5.32 Å². The third-order valence-electron chi connectivity index (χ3n) is 2.38.